The van der Waals surface area contributed by atoms with Crippen LogP contribution in [0.25, 0.3) is 0 Å². The van der Waals surface area contributed by atoms with Gasteiger partial charge in [0.05, 0.1) is 14.7 Å². The predicted octanol–water partition coefficient (Wildman–Crippen LogP) is 5.33. The molecule has 1 atom stereocenters. The predicted molar refractivity (Wildman–Crippen MR) is 81.4 cm³/mol. The van der Waals surface area contributed by atoms with Crippen LogP contribution in [-0.2, 0) is 0 Å². The van der Waals surface area contributed by atoms with Crippen molar-refractivity contribution in [3.05, 3.63) is 54.7 Å². The van der Waals surface area contributed by atoms with Gasteiger partial charge in [-0.3, -0.25) is 0 Å². The van der Waals surface area contributed by atoms with E-state index in [1.807, 2.05) is 31.3 Å². The van der Waals surface area contributed by atoms with E-state index in [0.717, 1.165) is 16.7 Å². The van der Waals surface area contributed by atoms with Gasteiger partial charge in [0.1, 0.15) is 0 Å². The first kappa shape index (κ1) is 14.2. The van der Waals surface area contributed by atoms with Gasteiger partial charge >= 0.3 is 0 Å². The Balaban J connectivity index is 2.51. The molecule has 0 fully saturated rings. The van der Waals surface area contributed by atoms with Gasteiger partial charge in [-0.2, -0.15) is 0 Å². The van der Waals surface area contributed by atoms with Gasteiger partial charge in [0.25, 0.3) is 0 Å². The van der Waals surface area contributed by atoms with Crippen LogP contribution in [0.2, 0.25) is 13.7 Å². The summed E-state index contributed by atoms with van der Waals surface area (Å²) in [6, 6.07) is 7.75. The number of rotatable bonds is 3. The molecule has 1 unspecified atom stereocenters. The van der Waals surface area contributed by atoms with Gasteiger partial charge < -0.3 is 5.32 Å². The lowest BCUT2D eigenvalue weighted by atomic mass is 9.97. The Hall–Kier alpha value is -0.250. The van der Waals surface area contributed by atoms with Crippen LogP contribution in [0.4, 0.5) is 0 Å². The van der Waals surface area contributed by atoms with Crippen molar-refractivity contribution < 1.29 is 0 Å². The van der Waals surface area contributed by atoms with Crippen molar-refractivity contribution in [2.45, 2.75) is 13.0 Å². The number of benzene rings is 1. The fourth-order valence-electron chi connectivity index (χ4n) is 1.95. The van der Waals surface area contributed by atoms with Gasteiger partial charge in [-0.05, 0) is 43.3 Å². The summed E-state index contributed by atoms with van der Waals surface area (Å²) in [7, 11) is 1.90. The Morgan fingerprint density at radius 1 is 1.11 bits per heavy atom. The van der Waals surface area contributed by atoms with Crippen molar-refractivity contribution in [2.75, 3.05) is 7.05 Å². The van der Waals surface area contributed by atoms with E-state index in [4.69, 9.17) is 34.8 Å². The van der Waals surface area contributed by atoms with Crippen molar-refractivity contribution in [2.24, 2.45) is 0 Å². The maximum absolute atomic E-state index is 6.22. The summed E-state index contributed by atoms with van der Waals surface area (Å²) in [4.78, 5) is 0. The monoisotopic (exact) mass is 319 g/mol. The third kappa shape index (κ3) is 2.84. The molecular formula is C13H12Cl3NS. The van der Waals surface area contributed by atoms with Gasteiger partial charge in [0, 0.05) is 10.6 Å². The standard InChI is InChI=1S/C13H12Cl3NS/c1-7-3-4-8(14)5-9(7)12(17-2)10-6-11(15)18-13(10)16/h3-6,12,17H,1-2H3. The summed E-state index contributed by atoms with van der Waals surface area (Å²) in [5.41, 5.74) is 3.26. The molecule has 2 aromatic rings. The first-order valence-electron chi connectivity index (χ1n) is 5.41. The highest BCUT2D eigenvalue weighted by atomic mass is 35.5. The van der Waals surface area contributed by atoms with E-state index < -0.39 is 0 Å². The first-order valence-corrected chi connectivity index (χ1v) is 7.36. The van der Waals surface area contributed by atoms with E-state index in [1.54, 1.807) is 0 Å². The zero-order valence-electron chi connectivity index (χ0n) is 9.93. The average Bonchev–Trinajstić information content (AvgIpc) is 2.64. The molecule has 0 radical (unpaired) electrons. The first-order chi connectivity index (χ1) is 8.52. The molecule has 1 N–H and O–H groups in total. The van der Waals surface area contributed by atoms with Crippen molar-refractivity contribution >= 4 is 46.1 Å². The molecule has 0 saturated heterocycles. The van der Waals surface area contributed by atoms with Gasteiger partial charge in [-0.25, -0.2) is 0 Å². The zero-order valence-corrected chi connectivity index (χ0v) is 13.0. The SMILES string of the molecule is CNC(c1cc(Cl)ccc1C)c1cc(Cl)sc1Cl. The van der Waals surface area contributed by atoms with Crippen molar-refractivity contribution in [1.29, 1.82) is 0 Å². The molecule has 1 heterocycles. The Labute approximate surface area is 126 Å². The van der Waals surface area contributed by atoms with Crippen LogP contribution in [0.1, 0.15) is 22.7 Å². The molecule has 96 valence electrons. The fourth-order valence-corrected chi connectivity index (χ4v) is 3.66. The van der Waals surface area contributed by atoms with E-state index in [9.17, 15) is 0 Å². The van der Waals surface area contributed by atoms with Crippen LogP contribution in [-0.4, -0.2) is 7.05 Å². The van der Waals surface area contributed by atoms with Crippen LogP contribution in [0.3, 0.4) is 0 Å². The topological polar surface area (TPSA) is 12.0 Å². The minimum Gasteiger partial charge on any atom is -0.309 e. The molecule has 0 saturated carbocycles. The molecule has 0 aliphatic heterocycles. The minimum absolute atomic E-state index is 0.0000463. The molecular weight excluding hydrogens is 309 g/mol. The van der Waals surface area contributed by atoms with E-state index in [-0.39, 0.29) is 6.04 Å². The van der Waals surface area contributed by atoms with Crippen LogP contribution >= 0.6 is 46.1 Å². The van der Waals surface area contributed by atoms with E-state index in [0.29, 0.717) is 13.7 Å². The van der Waals surface area contributed by atoms with Gasteiger partial charge in [-0.15, -0.1) is 11.3 Å². The Morgan fingerprint density at radius 3 is 2.39 bits per heavy atom. The fraction of sp³-hybridized carbons (Fsp3) is 0.231. The number of thiophene rings is 1. The Bertz CT molecular complexity index is 565. The molecule has 0 spiro atoms. The van der Waals surface area contributed by atoms with Gasteiger partial charge in [0.2, 0.25) is 0 Å². The van der Waals surface area contributed by atoms with Crippen molar-refractivity contribution in [3.63, 3.8) is 0 Å². The number of hydrogen-bond donors (Lipinski definition) is 1. The third-order valence-corrected chi connectivity index (χ3v) is 4.59. The molecule has 0 aliphatic carbocycles. The quantitative estimate of drug-likeness (QED) is 0.806. The molecule has 2 rings (SSSR count). The number of hydrogen-bond acceptors (Lipinski definition) is 2. The summed E-state index contributed by atoms with van der Waals surface area (Å²) in [6.45, 7) is 2.05. The summed E-state index contributed by atoms with van der Waals surface area (Å²) in [5.74, 6) is 0. The minimum atomic E-state index is -0.0000463. The highest BCUT2D eigenvalue weighted by Gasteiger charge is 2.19. The normalized spacial score (nSPS) is 12.7. The van der Waals surface area contributed by atoms with E-state index in [2.05, 4.69) is 12.2 Å². The van der Waals surface area contributed by atoms with Crippen LogP contribution in [0, 0.1) is 6.92 Å². The molecule has 0 bridgehead atoms. The molecule has 1 aromatic carbocycles. The largest absolute Gasteiger partial charge is 0.309 e. The summed E-state index contributed by atoms with van der Waals surface area (Å²) >= 11 is 19.7. The van der Waals surface area contributed by atoms with Crippen LogP contribution < -0.4 is 5.32 Å². The smallest absolute Gasteiger partial charge is 0.0995 e. The summed E-state index contributed by atoms with van der Waals surface area (Å²) in [5, 5.41) is 3.98. The maximum Gasteiger partial charge on any atom is 0.0995 e. The average molecular weight is 321 g/mol. The van der Waals surface area contributed by atoms with Crippen molar-refractivity contribution in [3.8, 4) is 0 Å². The lowest BCUT2D eigenvalue weighted by Gasteiger charge is -2.19. The van der Waals surface area contributed by atoms with Gasteiger partial charge in [0.15, 0.2) is 0 Å². The summed E-state index contributed by atoms with van der Waals surface area (Å²) in [6.07, 6.45) is 0. The van der Waals surface area contributed by atoms with Crippen LogP contribution in [0.15, 0.2) is 24.3 Å². The second-order valence-electron chi connectivity index (χ2n) is 4.00. The second kappa shape index (κ2) is 5.81. The zero-order chi connectivity index (χ0) is 13.3. The van der Waals surface area contributed by atoms with Gasteiger partial charge in [-0.1, -0.05) is 40.9 Å². The highest BCUT2D eigenvalue weighted by Crippen LogP contribution is 2.38. The maximum atomic E-state index is 6.22. The number of aryl methyl sites for hydroxylation is 1. The van der Waals surface area contributed by atoms with Crippen LogP contribution in [0.5, 0.6) is 0 Å². The molecule has 0 aliphatic rings. The van der Waals surface area contributed by atoms with Crippen molar-refractivity contribution in [1.82, 2.24) is 5.32 Å². The Kier molecular flexibility index (Phi) is 4.57. The molecule has 5 heteroatoms. The highest BCUT2D eigenvalue weighted by molar-refractivity contribution is 7.20. The molecule has 1 nitrogen and oxygen atoms in total. The molecule has 0 amide bonds. The lowest BCUT2D eigenvalue weighted by Crippen LogP contribution is -2.18. The lowest BCUT2D eigenvalue weighted by molar-refractivity contribution is 0.690. The molecule has 1 aromatic heterocycles. The number of halogens is 3. The van der Waals surface area contributed by atoms with E-state index in [1.165, 1.54) is 11.3 Å². The summed E-state index contributed by atoms with van der Waals surface area (Å²) < 4.78 is 1.40. The molecule has 18 heavy (non-hydrogen) atoms. The van der Waals surface area contributed by atoms with E-state index >= 15 is 0 Å². The number of nitrogens with one attached hydrogen (secondary N) is 1. The second-order valence-corrected chi connectivity index (χ2v) is 6.72. The third-order valence-electron chi connectivity index (χ3n) is 2.84. The Morgan fingerprint density at radius 2 is 1.83 bits per heavy atom.